The predicted molar refractivity (Wildman–Crippen MR) is 195 cm³/mol. The Bertz CT molecular complexity index is 2390. The molecule has 1 atom stereocenters. The average Bonchev–Trinajstić information content (AvgIpc) is 3.60. The van der Waals surface area contributed by atoms with Crippen LogP contribution >= 0.6 is 9.24 Å². The molecule has 6 aromatic carbocycles. The minimum absolute atomic E-state index is 0.0808. The summed E-state index contributed by atoms with van der Waals surface area (Å²) in [5.74, 6) is 0. The Morgan fingerprint density at radius 3 is 2.07 bits per heavy atom. The maximum Gasteiger partial charge on any atom is 0.310 e. The average molecular weight is 604 g/mol. The fourth-order valence-corrected chi connectivity index (χ4v) is 6.37. The van der Waals surface area contributed by atoms with Crippen LogP contribution in [0.5, 0.6) is 0 Å². The molecule has 0 saturated carbocycles. The van der Waals surface area contributed by atoms with Crippen LogP contribution in [0.2, 0.25) is 0 Å². The fourth-order valence-electron chi connectivity index (χ4n) is 6.28. The van der Waals surface area contributed by atoms with Crippen LogP contribution in [-0.4, -0.2) is 18.2 Å². The molecule has 0 aliphatic carbocycles. The van der Waals surface area contributed by atoms with Crippen molar-refractivity contribution >= 4 is 76.8 Å². The summed E-state index contributed by atoms with van der Waals surface area (Å²) < 4.78 is 19.6. The summed E-state index contributed by atoms with van der Waals surface area (Å²) in [5, 5.41) is 6.71. The van der Waals surface area contributed by atoms with E-state index < -0.39 is 0 Å². The first-order valence-corrected chi connectivity index (χ1v) is 16.1. The third-order valence-corrected chi connectivity index (χ3v) is 10.3. The molecule has 0 aliphatic rings. The second kappa shape index (κ2) is 10.3. The van der Waals surface area contributed by atoms with Crippen molar-refractivity contribution in [2.24, 2.45) is 0 Å². The van der Waals surface area contributed by atoms with E-state index >= 15 is 0 Å². The zero-order chi connectivity index (χ0) is 30.9. The summed E-state index contributed by atoms with van der Waals surface area (Å²) in [4.78, 5) is 0. The lowest BCUT2D eigenvalue weighted by molar-refractivity contribution is 0.0841. The molecule has 3 nitrogen and oxygen atoms in total. The second-order valence-electron chi connectivity index (χ2n) is 13.2. The molecule has 1 unspecified atom stereocenters. The standard InChI is InChI=1S/C40H34BO3P/c1-39(2,40(3,4)45)44-41-32-15-10-16-34-37(32)30-22-27(17-20-33(30)42-34)28-18-19-29(24-11-6-5-7-12-24)38-36(28)31-21-25-13-8-9-14-26(25)23-35(31)43-38/h5-23,41H,45H2,1-4H3. The molecule has 0 amide bonds. The summed E-state index contributed by atoms with van der Waals surface area (Å²) in [7, 11) is 3.42. The number of hydrogen-bond donors (Lipinski definition) is 0. The largest absolute Gasteiger partial charge is 0.456 e. The first kappa shape index (κ1) is 28.1. The van der Waals surface area contributed by atoms with Crippen molar-refractivity contribution in [2.75, 3.05) is 0 Å². The van der Waals surface area contributed by atoms with Gasteiger partial charge in [0.2, 0.25) is 0 Å². The summed E-state index contributed by atoms with van der Waals surface area (Å²) in [6, 6.07) is 40.6. The van der Waals surface area contributed by atoms with Gasteiger partial charge in [-0.3, -0.25) is 0 Å². The molecule has 2 heterocycles. The van der Waals surface area contributed by atoms with Crippen LogP contribution in [0.15, 0.2) is 124 Å². The molecule has 0 aliphatic heterocycles. The lowest BCUT2D eigenvalue weighted by Gasteiger charge is -2.39. The van der Waals surface area contributed by atoms with Gasteiger partial charge in [-0.2, -0.15) is 0 Å². The van der Waals surface area contributed by atoms with Crippen LogP contribution in [0.1, 0.15) is 27.7 Å². The molecule has 2 aromatic heterocycles. The predicted octanol–water partition coefficient (Wildman–Crippen LogP) is 10.4. The quantitative estimate of drug-likeness (QED) is 0.140. The van der Waals surface area contributed by atoms with Crippen molar-refractivity contribution in [1.82, 2.24) is 0 Å². The highest BCUT2D eigenvalue weighted by atomic mass is 31.0. The van der Waals surface area contributed by atoms with E-state index in [-0.39, 0.29) is 10.8 Å². The Labute approximate surface area is 265 Å². The van der Waals surface area contributed by atoms with Gasteiger partial charge in [0.25, 0.3) is 0 Å². The van der Waals surface area contributed by atoms with Gasteiger partial charge in [0, 0.05) is 32.3 Å². The van der Waals surface area contributed by atoms with Gasteiger partial charge in [0.1, 0.15) is 22.3 Å². The first-order chi connectivity index (χ1) is 21.7. The third kappa shape index (κ3) is 4.67. The molecule has 0 spiro atoms. The molecule has 0 N–H and O–H groups in total. The highest BCUT2D eigenvalue weighted by Gasteiger charge is 2.34. The minimum Gasteiger partial charge on any atom is -0.456 e. The van der Waals surface area contributed by atoms with E-state index in [1.165, 1.54) is 10.8 Å². The lowest BCUT2D eigenvalue weighted by atomic mass is 9.81. The number of benzene rings is 6. The molecule has 0 saturated heterocycles. The van der Waals surface area contributed by atoms with E-state index in [9.17, 15) is 0 Å². The maximum absolute atomic E-state index is 6.72. The molecule has 220 valence electrons. The Hall–Kier alpha value is -4.37. The number of furan rings is 2. The van der Waals surface area contributed by atoms with Crippen molar-refractivity contribution in [2.45, 2.75) is 38.5 Å². The minimum atomic E-state index is -0.330. The SMILES string of the molecule is CC(C)(P)C(C)(C)OBc1cccc2oc3ccc(-c4ccc(-c5ccccc5)c5oc6cc7ccccc7cc6c45)cc3c12. The van der Waals surface area contributed by atoms with Gasteiger partial charge in [0.05, 0.1) is 5.60 Å². The molecule has 8 rings (SSSR count). The Kier molecular flexibility index (Phi) is 6.47. The van der Waals surface area contributed by atoms with Crippen molar-refractivity contribution in [3.63, 3.8) is 0 Å². The maximum atomic E-state index is 6.72. The van der Waals surface area contributed by atoms with Crippen LogP contribution in [0.3, 0.4) is 0 Å². The zero-order valence-electron chi connectivity index (χ0n) is 26.0. The van der Waals surface area contributed by atoms with E-state index in [4.69, 9.17) is 13.5 Å². The number of rotatable bonds is 6. The molecule has 45 heavy (non-hydrogen) atoms. The van der Waals surface area contributed by atoms with Gasteiger partial charge in [0.15, 0.2) is 0 Å². The first-order valence-electron chi connectivity index (χ1n) is 15.5. The van der Waals surface area contributed by atoms with Crippen LogP contribution < -0.4 is 5.46 Å². The summed E-state index contributed by atoms with van der Waals surface area (Å²) in [6.07, 6.45) is 0. The zero-order valence-corrected chi connectivity index (χ0v) is 27.1. The van der Waals surface area contributed by atoms with Gasteiger partial charge in [-0.15, -0.1) is 9.24 Å². The molecule has 8 aromatic rings. The molecule has 0 radical (unpaired) electrons. The monoisotopic (exact) mass is 604 g/mol. The van der Waals surface area contributed by atoms with Crippen LogP contribution in [0, 0.1) is 0 Å². The summed E-state index contributed by atoms with van der Waals surface area (Å²) >= 11 is 0. The topological polar surface area (TPSA) is 35.5 Å². The van der Waals surface area contributed by atoms with Crippen molar-refractivity contribution in [3.8, 4) is 22.3 Å². The Morgan fingerprint density at radius 2 is 1.29 bits per heavy atom. The normalized spacial score (nSPS) is 12.6. The fraction of sp³-hybridized carbons (Fsp3) is 0.150. The third-order valence-electron chi connectivity index (χ3n) is 9.60. The summed E-state index contributed by atoms with van der Waals surface area (Å²) in [6.45, 7) is 8.66. The van der Waals surface area contributed by atoms with E-state index in [0.717, 1.165) is 71.6 Å². The van der Waals surface area contributed by atoms with E-state index in [0.29, 0.717) is 7.48 Å². The molecule has 0 bridgehead atoms. The molecular weight excluding hydrogens is 570 g/mol. The van der Waals surface area contributed by atoms with Crippen LogP contribution in [-0.2, 0) is 4.65 Å². The highest BCUT2D eigenvalue weighted by molar-refractivity contribution is 7.19. The van der Waals surface area contributed by atoms with Crippen molar-refractivity contribution < 1.29 is 13.5 Å². The van der Waals surface area contributed by atoms with E-state index in [1.54, 1.807) is 0 Å². The van der Waals surface area contributed by atoms with Crippen molar-refractivity contribution in [1.29, 1.82) is 0 Å². The van der Waals surface area contributed by atoms with Gasteiger partial charge in [-0.1, -0.05) is 92.7 Å². The summed E-state index contributed by atoms with van der Waals surface area (Å²) in [5.41, 5.74) is 8.79. The highest BCUT2D eigenvalue weighted by Crippen LogP contribution is 2.44. The van der Waals surface area contributed by atoms with Gasteiger partial charge < -0.3 is 13.5 Å². The molecule has 0 fully saturated rings. The molecule has 5 heteroatoms. The number of fused-ring (bicyclic) bond motifs is 7. The smallest absolute Gasteiger partial charge is 0.310 e. The van der Waals surface area contributed by atoms with E-state index in [2.05, 4.69) is 140 Å². The Morgan fingerprint density at radius 1 is 0.578 bits per heavy atom. The van der Waals surface area contributed by atoms with Gasteiger partial charge >= 0.3 is 7.48 Å². The molecular formula is C40H34BO3P. The second-order valence-corrected chi connectivity index (χ2v) is 14.6. The Balaban J connectivity index is 1.35. The number of hydrogen-bond acceptors (Lipinski definition) is 3. The lowest BCUT2D eigenvalue weighted by Crippen LogP contribution is -2.45. The van der Waals surface area contributed by atoms with E-state index in [1.807, 2.05) is 12.1 Å². The van der Waals surface area contributed by atoms with Crippen LogP contribution in [0.4, 0.5) is 0 Å². The van der Waals surface area contributed by atoms with Crippen LogP contribution in [0.25, 0.3) is 76.9 Å². The van der Waals surface area contributed by atoms with Gasteiger partial charge in [-0.05, 0) is 83.2 Å². The van der Waals surface area contributed by atoms with Gasteiger partial charge in [-0.25, -0.2) is 0 Å². The van der Waals surface area contributed by atoms with Crippen molar-refractivity contribution in [3.05, 3.63) is 115 Å².